The van der Waals surface area contributed by atoms with Crippen LogP contribution in [0.15, 0.2) is 47.4 Å². The molecule has 2 N–H and O–H groups in total. The molecule has 24 heavy (non-hydrogen) atoms. The predicted molar refractivity (Wildman–Crippen MR) is 100 cm³/mol. The number of aryl methyl sites for hydroxylation is 1. The molecule has 1 aromatic heterocycles. The molecule has 0 bridgehead atoms. The van der Waals surface area contributed by atoms with Crippen LogP contribution in [0.3, 0.4) is 0 Å². The number of phenols is 1. The zero-order chi connectivity index (χ0) is 17.5. The van der Waals surface area contributed by atoms with Crippen LogP contribution in [0.4, 0.5) is 0 Å². The third kappa shape index (κ3) is 4.10. The number of thioether (sulfide) groups is 1. The summed E-state index contributed by atoms with van der Waals surface area (Å²) in [5, 5.41) is 25.6. The van der Waals surface area contributed by atoms with Crippen molar-refractivity contribution in [2.45, 2.75) is 44.6 Å². The Morgan fingerprint density at radius 3 is 2.58 bits per heavy atom. The molecule has 0 aliphatic rings. The van der Waals surface area contributed by atoms with Crippen LogP contribution in [0.5, 0.6) is 5.75 Å². The average molecular weight is 344 g/mol. The van der Waals surface area contributed by atoms with E-state index >= 15 is 0 Å². The molecule has 0 aliphatic heterocycles. The van der Waals surface area contributed by atoms with E-state index in [-0.39, 0.29) is 6.61 Å². The van der Waals surface area contributed by atoms with Gasteiger partial charge in [0.2, 0.25) is 0 Å². The second-order valence-electron chi connectivity index (χ2n) is 5.05. The fourth-order valence-corrected chi connectivity index (χ4v) is 3.44. The molecule has 0 unspecified atom stereocenters. The highest BCUT2D eigenvalue weighted by Gasteiger charge is 2.08. The standard InChI is InChI=1S/C17H18N2O2S.C2H6/c1-2-19-14(8-13(10-20)18-19)11-22-15-7-12-5-3-4-6-16(12)17(21)9-15;1-2/h3-9,20-21H,2,10-11H2,1H3;1-2H3. The van der Waals surface area contributed by atoms with Gasteiger partial charge in [-0.15, -0.1) is 11.8 Å². The minimum atomic E-state index is -0.0402. The highest BCUT2D eigenvalue weighted by atomic mass is 32.2. The normalized spacial score (nSPS) is 10.5. The van der Waals surface area contributed by atoms with Gasteiger partial charge >= 0.3 is 0 Å². The largest absolute Gasteiger partial charge is 0.507 e. The van der Waals surface area contributed by atoms with E-state index in [0.29, 0.717) is 11.4 Å². The Balaban J connectivity index is 0.00000100. The Hall–Kier alpha value is -1.98. The maximum atomic E-state index is 10.1. The first-order chi connectivity index (χ1) is 11.7. The summed E-state index contributed by atoms with van der Waals surface area (Å²) in [6.07, 6.45) is 0. The highest BCUT2D eigenvalue weighted by molar-refractivity contribution is 7.98. The summed E-state index contributed by atoms with van der Waals surface area (Å²) in [6, 6.07) is 13.6. The summed E-state index contributed by atoms with van der Waals surface area (Å²) in [4.78, 5) is 1.02. The number of nitrogens with zero attached hydrogens (tertiary/aromatic N) is 2. The summed E-state index contributed by atoms with van der Waals surface area (Å²) in [7, 11) is 0. The first-order valence-corrected chi connectivity index (χ1v) is 9.21. The van der Waals surface area contributed by atoms with Gasteiger partial charge in [-0.25, -0.2) is 0 Å². The summed E-state index contributed by atoms with van der Waals surface area (Å²) in [5.74, 6) is 1.05. The Kier molecular flexibility index (Phi) is 6.70. The van der Waals surface area contributed by atoms with Crippen LogP contribution in [0.2, 0.25) is 0 Å². The van der Waals surface area contributed by atoms with Crippen molar-refractivity contribution < 1.29 is 10.2 Å². The van der Waals surface area contributed by atoms with Crippen molar-refractivity contribution in [3.05, 3.63) is 53.9 Å². The van der Waals surface area contributed by atoms with Gasteiger partial charge in [-0.3, -0.25) is 4.68 Å². The van der Waals surface area contributed by atoms with Gasteiger partial charge in [0.1, 0.15) is 5.75 Å². The number of phenolic OH excluding ortho intramolecular Hbond substituents is 1. The van der Waals surface area contributed by atoms with E-state index in [1.807, 2.05) is 55.8 Å². The van der Waals surface area contributed by atoms with Crippen molar-refractivity contribution >= 4 is 22.5 Å². The van der Waals surface area contributed by atoms with Gasteiger partial charge in [-0.2, -0.15) is 5.10 Å². The summed E-state index contributed by atoms with van der Waals surface area (Å²) in [5.41, 5.74) is 1.77. The van der Waals surface area contributed by atoms with Gasteiger partial charge in [-0.1, -0.05) is 38.1 Å². The second-order valence-corrected chi connectivity index (χ2v) is 6.10. The van der Waals surface area contributed by atoms with Gasteiger partial charge in [0.15, 0.2) is 0 Å². The van der Waals surface area contributed by atoms with Crippen molar-refractivity contribution in [3.8, 4) is 5.75 Å². The third-order valence-corrected chi connectivity index (χ3v) is 4.58. The fraction of sp³-hybridized carbons (Fsp3) is 0.316. The lowest BCUT2D eigenvalue weighted by Crippen LogP contribution is -2.01. The van der Waals surface area contributed by atoms with E-state index in [1.54, 1.807) is 17.8 Å². The third-order valence-electron chi connectivity index (χ3n) is 3.58. The molecule has 128 valence electrons. The Morgan fingerprint density at radius 2 is 1.88 bits per heavy atom. The zero-order valence-electron chi connectivity index (χ0n) is 14.4. The first-order valence-electron chi connectivity index (χ1n) is 8.22. The minimum Gasteiger partial charge on any atom is -0.507 e. The number of rotatable bonds is 5. The molecule has 5 heteroatoms. The molecular weight excluding hydrogens is 320 g/mol. The molecule has 0 radical (unpaired) electrons. The molecule has 0 amide bonds. The molecule has 0 saturated carbocycles. The SMILES string of the molecule is CC.CCn1nc(CO)cc1CSc1cc(O)c2ccccc2c1. The van der Waals surface area contributed by atoms with Crippen LogP contribution < -0.4 is 0 Å². The molecule has 0 fully saturated rings. The van der Waals surface area contributed by atoms with Crippen LogP contribution >= 0.6 is 11.8 Å². The maximum absolute atomic E-state index is 10.1. The lowest BCUT2D eigenvalue weighted by molar-refractivity contribution is 0.275. The van der Waals surface area contributed by atoms with Crippen molar-refractivity contribution in [1.29, 1.82) is 0 Å². The quantitative estimate of drug-likeness (QED) is 0.666. The summed E-state index contributed by atoms with van der Waals surface area (Å²) in [6.45, 7) is 6.77. The van der Waals surface area contributed by atoms with Gasteiger partial charge in [0, 0.05) is 28.3 Å². The van der Waals surface area contributed by atoms with Crippen LogP contribution in [-0.4, -0.2) is 20.0 Å². The molecule has 3 rings (SSSR count). The van der Waals surface area contributed by atoms with Crippen molar-refractivity contribution in [2.75, 3.05) is 0 Å². The number of aliphatic hydroxyl groups excluding tert-OH is 1. The summed E-state index contributed by atoms with van der Waals surface area (Å²) >= 11 is 1.65. The number of hydrogen-bond acceptors (Lipinski definition) is 4. The van der Waals surface area contributed by atoms with Crippen LogP contribution in [0.1, 0.15) is 32.2 Å². The number of aliphatic hydroxyl groups is 1. The lowest BCUT2D eigenvalue weighted by Gasteiger charge is -2.07. The van der Waals surface area contributed by atoms with E-state index in [1.165, 1.54) is 0 Å². The number of aromatic hydroxyl groups is 1. The topological polar surface area (TPSA) is 58.3 Å². The first kappa shape index (κ1) is 18.4. The number of aromatic nitrogens is 2. The molecule has 0 saturated heterocycles. The van der Waals surface area contributed by atoms with Gasteiger partial charge < -0.3 is 10.2 Å². The molecule has 1 heterocycles. The van der Waals surface area contributed by atoms with E-state index in [9.17, 15) is 10.2 Å². The molecule has 0 aliphatic carbocycles. The molecule has 3 aromatic rings. The van der Waals surface area contributed by atoms with E-state index in [2.05, 4.69) is 11.2 Å². The van der Waals surface area contributed by atoms with Gasteiger partial charge in [0.05, 0.1) is 12.3 Å². The zero-order valence-corrected chi connectivity index (χ0v) is 15.2. The average Bonchev–Trinajstić information content (AvgIpc) is 3.04. The Bertz CT molecular complexity index is 799. The molecule has 0 spiro atoms. The molecular formula is C19H24N2O2S. The number of benzene rings is 2. The van der Waals surface area contributed by atoms with Crippen LogP contribution in [0, 0.1) is 0 Å². The second kappa shape index (κ2) is 8.76. The van der Waals surface area contributed by atoms with Crippen LogP contribution in [-0.2, 0) is 18.9 Å². The van der Waals surface area contributed by atoms with Crippen LogP contribution in [0.25, 0.3) is 10.8 Å². The highest BCUT2D eigenvalue weighted by Crippen LogP contribution is 2.32. The van der Waals surface area contributed by atoms with Crippen molar-refractivity contribution in [3.63, 3.8) is 0 Å². The van der Waals surface area contributed by atoms with Crippen molar-refractivity contribution in [2.24, 2.45) is 0 Å². The monoisotopic (exact) mass is 344 g/mol. The van der Waals surface area contributed by atoms with Gasteiger partial charge in [0.25, 0.3) is 0 Å². The van der Waals surface area contributed by atoms with E-state index in [4.69, 9.17) is 0 Å². The number of hydrogen-bond donors (Lipinski definition) is 2. The summed E-state index contributed by atoms with van der Waals surface area (Å²) < 4.78 is 1.90. The van der Waals surface area contributed by atoms with Crippen molar-refractivity contribution in [1.82, 2.24) is 9.78 Å². The molecule has 4 nitrogen and oxygen atoms in total. The maximum Gasteiger partial charge on any atom is 0.124 e. The fourth-order valence-electron chi connectivity index (χ4n) is 2.49. The van der Waals surface area contributed by atoms with Gasteiger partial charge in [-0.05, 0) is 30.5 Å². The number of fused-ring (bicyclic) bond motifs is 1. The minimum absolute atomic E-state index is 0.0402. The molecule has 2 aromatic carbocycles. The lowest BCUT2D eigenvalue weighted by atomic mass is 10.1. The van der Waals surface area contributed by atoms with E-state index in [0.717, 1.165) is 33.7 Å². The Labute approximate surface area is 147 Å². The smallest absolute Gasteiger partial charge is 0.124 e. The Morgan fingerprint density at radius 1 is 1.12 bits per heavy atom. The van der Waals surface area contributed by atoms with E-state index < -0.39 is 0 Å². The predicted octanol–water partition coefficient (Wildman–Crippen LogP) is 4.57. The molecule has 0 atom stereocenters.